The van der Waals surface area contributed by atoms with E-state index in [1.54, 1.807) is 0 Å². The maximum atomic E-state index is 15.1. The van der Waals surface area contributed by atoms with Gasteiger partial charge in [-0.1, -0.05) is 0 Å². The monoisotopic (exact) mass is 497 g/mol. The number of sulfone groups is 1. The Morgan fingerprint density at radius 2 is 1.59 bits per heavy atom. The van der Waals surface area contributed by atoms with Crippen LogP contribution in [0, 0.1) is 17.5 Å². The molecule has 0 fully saturated rings. The van der Waals surface area contributed by atoms with E-state index in [2.05, 4.69) is 5.32 Å². The summed E-state index contributed by atoms with van der Waals surface area (Å²) in [6.07, 6.45) is -0.187. The number of benzene rings is 3. The Kier molecular flexibility index (Phi) is 5.84. The van der Waals surface area contributed by atoms with Crippen LogP contribution in [0.15, 0.2) is 59.5 Å². The predicted molar refractivity (Wildman–Crippen MR) is 111 cm³/mol. The summed E-state index contributed by atoms with van der Waals surface area (Å²) in [5, 5.41) is 2.13. The van der Waals surface area contributed by atoms with Gasteiger partial charge in [0.25, 0.3) is 11.8 Å². The second-order valence-electron chi connectivity index (χ2n) is 7.78. The molecule has 0 aliphatic heterocycles. The van der Waals surface area contributed by atoms with E-state index in [0.717, 1.165) is 54.8 Å². The quantitative estimate of drug-likeness (QED) is 0.506. The fraction of sp³-hybridized carbons (Fsp3) is 0.174. The van der Waals surface area contributed by atoms with Crippen molar-refractivity contribution in [2.75, 3.05) is 6.26 Å². The lowest BCUT2D eigenvalue weighted by molar-refractivity contribution is -0.0246. The zero-order valence-corrected chi connectivity index (χ0v) is 18.2. The SMILES string of the molecule is CS(=O)(=O)c1ccc(Oc2cc(F)cc(F)c2)c2c1C(NC(=O)c1ccc(F)cc1)C(F)(F)C2. The van der Waals surface area contributed by atoms with Gasteiger partial charge in [-0.2, -0.15) is 0 Å². The zero-order chi connectivity index (χ0) is 24.8. The summed E-state index contributed by atoms with van der Waals surface area (Å²) < 4.78 is 101. The third-order valence-corrected chi connectivity index (χ3v) is 6.40. The smallest absolute Gasteiger partial charge is 0.276 e. The van der Waals surface area contributed by atoms with Crippen LogP contribution in [0.3, 0.4) is 0 Å². The molecular formula is C23H16F5NO4S. The van der Waals surface area contributed by atoms with Crippen LogP contribution in [0.1, 0.15) is 27.5 Å². The molecule has 0 bridgehead atoms. The van der Waals surface area contributed by atoms with Gasteiger partial charge in [-0.3, -0.25) is 4.79 Å². The number of carbonyl (C=O) groups excluding carboxylic acids is 1. The minimum Gasteiger partial charge on any atom is -0.457 e. The van der Waals surface area contributed by atoms with Gasteiger partial charge in [-0.25, -0.2) is 30.4 Å². The summed E-state index contributed by atoms with van der Waals surface area (Å²) in [6, 6.07) is 6.47. The molecule has 0 heterocycles. The Balaban J connectivity index is 1.80. The van der Waals surface area contributed by atoms with E-state index in [9.17, 15) is 26.4 Å². The van der Waals surface area contributed by atoms with Crippen LogP contribution < -0.4 is 10.1 Å². The normalized spacial score (nSPS) is 16.7. The first-order chi connectivity index (χ1) is 15.8. The van der Waals surface area contributed by atoms with Gasteiger partial charge >= 0.3 is 0 Å². The predicted octanol–water partition coefficient (Wildman–Crippen LogP) is 4.96. The summed E-state index contributed by atoms with van der Waals surface area (Å²) in [5.74, 6) is -7.74. The molecule has 3 aromatic rings. The second-order valence-corrected chi connectivity index (χ2v) is 9.77. The summed E-state index contributed by atoms with van der Waals surface area (Å²) in [7, 11) is -4.03. The lowest BCUT2D eigenvalue weighted by Gasteiger charge is -2.22. The number of amides is 1. The molecule has 178 valence electrons. The largest absolute Gasteiger partial charge is 0.457 e. The van der Waals surface area contributed by atoms with Gasteiger partial charge < -0.3 is 10.1 Å². The van der Waals surface area contributed by atoms with Crippen LogP contribution in [0.4, 0.5) is 22.0 Å². The summed E-state index contributed by atoms with van der Waals surface area (Å²) in [6.45, 7) is 0. The molecule has 3 aromatic carbocycles. The number of halogens is 5. The topological polar surface area (TPSA) is 72.5 Å². The van der Waals surface area contributed by atoms with Crippen molar-refractivity contribution >= 4 is 15.7 Å². The lowest BCUT2D eigenvalue weighted by atomic mass is 10.1. The first-order valence-electron chi connectivity index (χ1n) is 9.79. The van der Waals surface area contributed by atoms with Gasteiger partial charge in [0.2, 0.25) is 0 Å². The van der Waals surface area contributed by atoms with Gasteiger partial charge in [0.1, 0.15) is 35.0 Å². The third kappa shape index (κ3) is 4.60. The van der Waals surface area contributed by atoms with E-state index in [4.69, 9.17) is 4.74 Å². The van der Waals surface area contributed by atoms with E-state index >= 15 is 8.78 Å². The van der Waals surface area contributed by atoms with Crippen molar-refractivity contribution in [3.05, 3.63) is 88.7 Å². The van der Waals surface area contributed by atoms with E-state index in [0.29, 0.717) is 6.07 Å². The minimum atomic E-state index is -4.03. The molecule has 1 N–H and O–H groups in total. The Morgan fingerprint density at radius 3 is 2.18 bits per heavy atom. The molecule has 0 saturated carbocycles. The van der Waals surface area contributed by atoms with Gasteiger partial charge in [0.15, 0.2) is 9.84 Å². The highest BCUT2D eigenvalue weighted by Crippen LogP contribution is 2.50. The fourth-order valence-corrected chi connectivity index (χ4v) is 4.75. The van der Waals surface area contributed by atoms with Crippen molar-refractivity contribution in [1.82, 2.24) is 5.32 Å². The Hall–Kier alpha value is -3.47. The van der Waals surface area contributed by atoms with Crippen molar-refractivity contribution < 1.29 is 39.9 Å². The molecule has 5 nitrogen and oxygen atoms in total. The molecule has 0 aromatic heterocycles. The van der Waals surface area contributed by atoms with E-state index < -0.39 is 62.0 Å². The van der Waals surface area contributed by atoms with Crippen molar-refractivity contribution in [2.24, 2.45) is 0 Å². The maximum Gasteiger partial charge on any atom is 0.276 e. The average molecular weight is 497 g/mol. The molecule has 0 saturated heterocycles. The van der Waals surface area contributed by atoms with Gasteiger partial charge in [0.05, 0.1) is 4.90 Å². The second kappa shape index (κ2) is 8.39. The molecule has 4 rings (SSSR count). The Labute approximate surface area is 191 Å². The molecule has 0 spiro atoms. The van der Waals surface area contributed by atoms with Gasteiger partial charge in [-0.15, -0.1) is 0 Å². The first-order valence-corrected chi connectivity index (χ1v) is 11.7. The molecule has 34 heavy (non-hydrogen) atoms. The number of nitrogens with one attached hydrogen (secondary N) is 1. The van der Waals surface area contributed by atoms with Crippen LogP contribution in [0.25, 0.3) is 0 Å². The van der Waals surface area contributed by atoms with Crippen LogP contribution >= 0.6 is 0 Å². The number of alkyl halides is 2. The highest BCUT2D eigenvalue weighted by Gasteiger charge is 2.52. The van der Waals surface area contributed by atoms with Crippen LogP contribution in [-0.2, 0) is 16.3 Å². The molecule has 11 heteroatoms. The number of fused-ring (bicyclic) bond motifs is 1. The van der Waals surface area contributed by atoms with Gasteiger partial charge in [-0.05, 0) is 36.4 Å². The Bertz CT molecular complexity index is 1370. The molecular weight excluding hydrogens is 481 g/mol. The zero-order valence-electron chi connectivity index (χ0n) is 17.4. The van der Waals surface area contributed by atoms with Crippen molar-refractivity contribution in [1.29, 1.82) is 0 Å². The highest BCUT2D eigenvalue weighted by molar-refractivity contribution is 7.90. The third-order valence-electron chi connectivity index (χ3n) is 5.24. The van der Waals surface area contributed by atoms with Crippen LogP contribution in [0.2, 0.25) is 0 Å². The molecule has 0 radical (unpaired) electrons. The summed E-state index contributed by atoms with van der Waals surface area (Å²) in [4.78, 5) is 12.1. The standard InChI is InChI=1S/C23H16F5NO4S/c1-34(31,32)19-7-6-18(33-16-9-14(25)8-15(26)10-16)17-11-23(27,28)21(20(17)19)29-22(30)12-2-4-13(24)5-3-12/h2-10,21H,11H2,1H3,(H,29,30). The molecule has 1 atom stereocenters. The lowest BCUT2D eigenvalue weighted by Crippen LogP contribution is -2.38. The number of hydrogen-bond donors (Lipinski definition) is 1. The number of hydrogen-bond acceptors (Lipinski definition) is 4. The first kappa shape index (κ1) is 23.7. The Morgan fingerprint density at radius 1 is 0.971 bits per heavy atom. The molecule has 1 aliphatic carbocycles. The van der Waals surface area contributed by atoms with Crippen molar-refractivity contribution in [3.63, 3.8) is 0 Å². The number of carbonyl (C=O) groups is 1. The van der Waals surface area contributed by atoms with E-state index in [1.165, 1.54) is 0 Å². The fourth-order valence-electron chi connectivity index (χ4n) is 3.80. The van der Waals surface area contributed by atoms with Crippen molar-refractivity contribution in [2.45, 2.75) is 23.3 Å². The number of ether oxygens (including phenoxy) is 1. The van der Waals surface area contributed by atoms with E-state index in [1.807, 2.05) is 0 Å². The van der Waals surface area contributed by atoms with Crippen LogP contribution in [-0.4, -0.2) is 26.5 Å². The average Bonchev–Trinajstić information content (AvgIpc) is 2.98. The van der Waals surface area contributed by atoms with Gasteiger partial charge in [0, 0.05) is 47.6 Å². The molecule has 1 amide bonds. The molecule has 1 aliphatic rings. The van der Waals surface area contributed by atoms with Crippen LogP contribution in [0.5, 0.6) is 11.5 Å². The summed E-state index contributed by atoms with van der Waals surface area (Å²) >= 11 is 0. The maximum absolute atomic E-state index is 15.1. The minimum absolute atomic E-state index is 0.116. The summed E-state index contributed by atoms with van der Waals surface area (Å²) in [5.41, 5.74) is -0.742. The number of rotatable bonds is 5. The van der Waals surface area contributed by atoms with Crippen molar-refractivity contribution in [3.8, 4) is 11.5 Å². The highest BCUT2D eigenvalue weighted by atomic mass is 32.2. The van der Waals surface area contributed by atoms with E-state index in [-0.39, 0.29) is 22.6 Å². The molecule has 1 unspecified atom stereocenters.